The van der Waals surface area contributed by atoms with Crippen molar-refractivity contribution in [2.45, 2.75) is 24.3 Å². The molecule has 9 heteroatoms. The second-order valence-electron chi connectivity index (χ2n) is 6.08. The topological polar surface area (TPSA) is 79.8 Å². The maximum absolute atomic E-state index is 13.9. The number of hydrogen-bond donors (Lipinski definition) is 2. The molecule has 1 aliphatic rings. The van der Waals surface area contributed by atoms with Gasteiger partial charge in [-0.1, -0.05) is 35.9 Å². The number of guanidine groups is 1. The number of nitrogens with zero attached hydrogens (tertiary/aromatic N) is 1. The molecule has 0 unspecified atom stereocenters. The Morgan fingerprint density at radius 2 is 1.96 bits per heavy atom. The summed E-state index contributed by atoms with van der Waals surface area (Å²) in [6.07, 6.45) is 0.689. The van der Waals surface area contributed by atoms with E-state index < -0.39 is 15.8 Å². The van der Waals surface area contributed by atoms with E-state index in [-0.39, 0.29) is 22.0 Å². The van der Waals surface area contributed by atoms with E-state index in [1.807, 2.05) is 6.92 Å². The van der Waals surface area contributed by atoms with Crippen molar-refractivity contribution < 1.29 is 17.5 Å². The standard InChI is InChI=1S/C18H19ClFN3O3S/c1-11(26-2)9-10-21-18-22-17-13(12-5-3-7-14(20)16(12)19)6-4-8-15(17)27(24,25)23-18/h3-8,11H,9-10H2,1-2H3,(H2,21,22,23)/t11-/m0/s1. The molecule has 0 radical (unpaired) electrons. The highest BCUT2D eigenvalue weighted by Gasteiger charge is 2.28. The Labute approximate surface area is 162 Å². The highest BCUT2D eigenvalue weighted by molar-refractivity contribution is 7.90. The summed E-state index contributed by atoms with van der Waals surface area (Å²) < 4.78 is 48.0. The normalized spacial score (nSPS) is 16.1. The van der Waals surface area contributed by atoms with Crippen LogP contribution in [0.4, 0.5) is 10.1 Å². The first-order chi connectivity index (χ1) is 12.8. The lowest BCUT2D eigenvalue weighted by atomic mass is 10.0. The van der Waals surface area contributed by atoms with Crippen LogP contribution in [0, 0.1) is 5.82 Å². The molecule has 0 spiro atoms. The molecule has 2 aromatic rings. The zero-order chi connectivity index (χ0) is 19.6. The van der Waals surface area contributed by atoms with Gasteiger partial charge in [0.05, 0.1) is 16.8 Å². The highest BCUT2D eigenvalue weighted by atomic mass is 35.5. The van der Waals surface area contributed by atoms with Crippen LogP contribution in [0.3, 0.4) is 0 Å². The molecule has 1 atom stereocenters. The van der Waals surface area contributed by atoms with Gasteiger partial charge in [-0.25, -0.2) is 4.39 Å². The van der Waals surface area contributed by atoms with Crippen molar-refractivity contribution >= 4 is 33.3 Å². The van der Waals surface area contributed by atoms with Crippen molar-refractivity contribution in [1.82, 2.24) is 5.32 Å². The number of ether oxygens (including phenoxy) is 1. The summed E-state index contributed by atoms with van der Waals surface area (Å²) in [4.78, 5) is 0.0103. The third kappa shape index (κ3) is 4.07. The van der Waals surface area contributed by atoms with E-state index in [1.54, 1.807) is 25.3 Å². The van der Waals surface area contributed by atoms with E-state index in [1.165, 1.54) is 18.2 Å². The van der Waals surface area contributed by atoms with E-state index in [0.29, 0.717) is 29.8 Å². The minimum absolute atomic E-state index is 0.0103. The lowest BCUT2D eigenvalue weighted by molar-refractivity contribution is 0.112. The summed E-state index contributed by atoms with van der Waals surface area (Å²) >= 11 is 6.10. The molecular weight excluding hydrogens is 393 g/mol. The predicted molar refractivity (Wildman–Crippen MR) is 104 cm³/mol. The average molecular weight is 412 g/mol. The van der Waals surface area contributed by atoms with Gasteiger partial charge < -0.3 is 15.4 Å². The van der Waals surface area contributed by atoms with Crippen LogP contribution in [0.1, 0.15) is 13.3 Å². The molecule has 0 amide bonds. The van der Waals surface area contributed by atoms with E-state index in [0.717, 1.165) is 0 Å². The number of nitrogens with one attached hydrogen (secondary N) is 2. The van der Waals surface area contributed by atoms with Gasteiger partial charge in [-0.2, -0.15) is 8.42 Å². The Morgan fingerprint density at radius 1 is 1.26 bits per heavy atom. The summed E-state index contributed by atoms with van der Waals surface area (Å²) in [6, 6.07) is 9.10. The van der Waals surface area contributed by atoms with E-state index in [9.17, 15) is 12.8 Å². The van der Waals surface area contributed by atoms with Gasteiger partial charge >= 0.3 is 0 Å². The van der Waals surface area contributed by atoms with Gasteiger partial charge in [-0.3, -0.25) is 0 Å². The quantitative estimate of drug-likeness (QED) is 0.785. The van der Waals surface area contributed by atoms with Gasteiger partial charge in [0.2, 0.25) is 5.96 Å². The molecule has 27 heavy (non-hydrogen) atoms. The Hall–Kier alpha value is -2.16. The van der Waals surface area contributed by atoms with Crippen molar-refractivity contribution in [2.24, 2.45) is 4.40 Å². The van der Waals surface area contributed by atoms with Gasteiger partial charge in [-0.05, 0) is 25.5 Å². The molecule has 0 aromatic heterocycles. The summed E-state index contributed by atoms with van der Waals surface area (Å²) in [5, 5.41) is 5.88. The fraction of sp³-hybridized carbons (Fsp3) is 0.278. The van der Waals surface area contributed by atoms with Crippen LogP contribution in [-0.2, 0) is 14.8 Å². The highest BCUT2D eigenvalue weighted by Crippen LogP contribution is 2.39. The molecule has 0 saturated heterocycles. The number of hydrogen-bond acceptors (Lipinski definition) is 5. The number of anilines is 1. The Kier molecular flexibility index (Phi) is 5.69. The Bertz CT molecular complexity index is 995. The second-order valence-corrected chi connectivity index (χ2v) is 8.03. The molecule has 1 aliphatic heterocycles. The summed E-state index contributed by atoms with van der Waals surface area (Å²) in [6.45, 7) is 2.38. The lowest BCUT2D eigenvalue weighted by Gasteiger charge is -2.22. The first kappa shape index (κ1) is 19.6. The first-order valence-corrected chi connectivity index (χ1v) is 10.1. The molecule has 0 bridgehead atoms. The largest absolute Gasteiger partial charge is 0.382 e. The number of para-hydroxylation sites is 1. The van der Waals surface area contributed by atoms with Crippen molar-refractivity contribution in [3.63, 3.8) is 0 Å². The fourth-order valence-corrected chi connectivity index (χ4v) is 4.06. The van der Waals surface area contributed by atoms with Crippen molar-refractivity contribution in [3.05, 3.63) is 47.2 Å². The second kappa shape index (κ2) is 7.84. The number of halogens is 2. The summed E-state index contributed by atoms with van der Waals surface area (Å²) in [5.41, 5.74) is 1.17. The SMILES string of the molecule is CO[C@@H](C)CCNC1=NS(=O)(=O)c2cccc(-c3cccc(F)c3Cl)c2N1. The van der Waals surface area contributed by atoms with Crippen molar-refractivity contribution in [2.75, 3.05) is 19.0 Å². The Morgan fingerprint density at radius 3 is 2.70 bits per heavy atom. The number of fused-ring (bicyclic) bond motifs is 1. The molecule has 144 valence electrons. The van der Waals surface area contributed by atoms with Crippen LogP contribution in [0.25, 0.3) is 11.1 Å². The van der Waals surface area contributed by atoms with Crippen LogP contribution in [0.15, 0.2) is 45.7 Å². The fourth-order valence-electron chi connectivity index (χ4n) is 2.71. The zero-order valence-corrected chi connectivity index (χ0v) is 16.4. The number of sulfonamides is 1. The smallest absolute Gasteiger partial charge is 0.287 e. The van der Waals surface area contributed by atoms with Gasteiger partial charge in [0.1, 0.15) is 10.7 Å². The van der Waals surface area contributed by atoms with Gasteiger partial charge in [-0.15, -0.1) is 4.40 Å². The number of benzene rings is 2. The minimum atomic E-state index is -3.91. The molecule has 0 fully saturated rings. The molecule has 6 nitrogen and oxygen atoms in total. The van der Waals surface area contributed by atoms with Crippen molar-refractivity contribution in [3.8, 4) is 11.1 Å². The van der Waals surface area contributed by atoms with Gasteiger partial charge in [0, 0.05) is 24.8 Å². The summed E-state index contributed by atoms with van der Waals surface area (Å²) in [7, 11) is -2.30. The molecule has 0 saturated carbocycles. The third-order valence-electron chi connectivity index (χ3n) is 4.25. The van der Waals surface area contributed by atoms with Crippen LogP contribution < -0.4 is 10.6 Å². The van der Waals surface area contributed by atoms with Gasteiger partial charge in [0.25, 0.3) is 10.0 Å². The maximum atomic E-state index is 13.9. The summed E-state index contributed by atoms with van der Waals surface area (Å²) in [5.74, 6) is -0.475. The van der Waals surface area contributed by atoms with Crippen LogP contribution in [0.5, 0.6) is 0 Å². The first-order valence-electron chi connectivity index (χ1n) is 8.29. The van der Waals surface area contributed by atoms with E-state index in [2.05, 4.69) is 15.0 Å². The van der Waals surface area contributed by atoms with E-state index >= 15 is 0 Å². The molecular formula is C18H19ClFN3O3S. The monoisotopic (exact) mass is 411 g/mol. The number of methoxy groups -OCH3 is 1. The van der Waals surface area contributed by atoms with Crippen molar-refractivity contribution in [1.29, 1.82) is 0 Å². The molecule has 0 aliphatic carbocycles. The number of rotatable bonds is 5. The average Bonchev–Trinajstić information content (AvgIpc) is 2.63. The van der Waals surface area contributed by atoms with Gasteiger partial charge in [0.15, 0.2) is 0 Å². The Balaban J connectivity index is 1.98. The molecule has 2 N–H and O–H groups in total. The molecule has 1 heterocycles. The zero-order valence-electron chi connectivity index (χ0n) is 14.8. The minimum Gasteiger partial charge on any atom is -0.382 e. The van der Waals surface area contributed by atoms with E-state index in [4.69, 9.17) is 16.3 Å². The van der Waals surface area contributed by atoms with Crippen LogP contribution in [0.2, 0.25) is 5.02 Å². The molecule has 2 aromatic carbocycles. The lowest BCUT2D eigenvalue weighted by Crippen LogP contribution is -2.36. The molecule has 3 rings (SSSR count). The predicted octanol–water partition coefficient (Wildman–Crippen LogP) is 3.63. The van der Waals surface area contributed by atoms with Crippen LogP contribution >= 0.6 is 11.6 Å². The third-order valence-corrected chi connectivity index (χ3v) is 5.95. The maximum Gasteiger partial charge on any atom is 0.287 e. The van der Waals surface area contributed by atoms with Crippen LogP contribution in [-0.4, -0.2) is 34.1 Å².